The number of esters is 1. The van der Waals surface area contributed by atoms with Gasteiger partial charge in [0.05, 0.1) is 26.8 Å². The number of amides is 1. The SMILES string of the molecule is CC(C)(C)C1CCc2nc3ccccc3c(C(=O)OCC(=O)Nc3cccc(Cl)c3Cl)c2C1. The van der Waals surface area contributed by atoms with Crippen molar-refractivity contribution in [3.8, 4) is 0 Å². The number of nitrogens with one attached hydrogen (secondary N) is 1. The van der Waals surface area contributed by atoms with E-state index < -0.39 is 18.5 Å². The van der Waals surface area contributed by atoms with E-state index in [9.17, 15) is 9.59 Å². The van der Waals surface area contributed by atoms with Crippen LogP contribution in [-0.4, -0.2) is 23.5 Å². The van der Waals surface area contributed by atoms with Crippen LogP contribution in [0, 0.1) is 11.3 Å². The third-order valence-electron chi connectivity index (χ3n) is 6.25. The van der Waals surface area contributed by atoms with Crippen molar-refractivity contribution >= 4 is 51.7 Å². The number of benzene rings is 2. The first-order chi connectivity index (χ1) is 15.6. The van der Waals surface area contributed by atoms with E-state index in [0.29, 0.717) is 22.2 Å². The number of aryl methyl sites for hydroxylation is 1. The molecule has 0 spiro atoms. The van der Waals surface area contributed by atoms with Crippen LogP contribution in [0.3, 0.4) is 0 Å². The van der Waals surface area contributed by atoms with Gasteiger partial charge in [-0.25, -0.2) is 4.79 Å². The lowest BCUT2D eigenvalue weighted by Crippen LogP contribution is -2.29. The number of pyridine rings is 1. The quantitative estimate of drug-likeness (QED) is 0.429. The van der Waals surface area contributed by atoms with Crippen molar-refractivity contribution in [3.05, 3.63) is 69.3 Å². The highest BCUT2D eigenvalue weighted by Crippen LogP contribution is 2.39. The maximum Gasteiger partial charge on any atom is 0.339 e. The van der Waals surface area contributed by atoms with Gasteiger partial charge in [0.1, 0.15) is 0 Å². The molecule has 3 aromatic rings. The van der Waals surface area contributed by atoms with E-state index in [1.807, 2.05) is 24.3 Å². The van der Waals surface area contributed by atoms with Gasteiger partial charge in [-0.3, -0.25) is 9.78 Å². The van der Waals surface area contributed by atoms with Crippen LogP contribution in [0.1, 0.15) is 48.8 Å². The number of fused-ring (bicyclic) bond motifs is 2. The van der Waals surface area contributed by atoms with Crippen molar-refractivity contribution in [2.24, 2.45) is 11.3 Å². The number of hydrogen-bond donors (Lipinski definition) is 1. The Labute approximate surface area is 203 Å². The van der Waals surface area contributed by atoms with Gasteiger partial charge in [0.15, 0.2) is 6.61 Å². The molecule has 0 aliphatic heterocycles. The van der Waals surface area contributed by atoms with Crippen LogP contribution in [0.4, 0.5) is 5.69 Å². The zero-order chi connectivity index (χ0) is 23.8. The molecule has 1 aromatic heterocycles. The van der Waals surface area contributed by atoms with Crippen LogP contribution in [0.2, 0.25) is 10.0 Å². The standard InChI is InChI=1S/C26H26Cl2N2O3/c1-26(2,3)15-11-12-20-17(13-15)23(16-7-4-5-9-19(16)29-20)25(32)33-14-22(31)30-21-10-6-8-18(27)24(21)28/h4-10,15H,11-14H2,1-3H3,(H,30,31). The van der Waals surface area contributed by atoms with Gasteiger partial charge in [-0.1, -0.05) is 68.2 Å². The van der Waals surface area contributed by atoms with E-state index in [1.54, 1.807) is 18.2 Å². The lowest BCUT2D eigenvalue weighted by molar-refractivity contribution is -0.119. The molecule has 0 bridgehead atoms. The molecular formula is C26H26Cl2N2O3. The zero-order valence-corrected chi connectivity index (χ0v) is 20.4. The molecule has 2 aromatic carbocycles. The van der Waals surface area contributed by atoms with E-state index in [2.05, 4.69) is 26.1 Å². The van der Waals surface area contributed by atoms with Crippen LogP contribution in [-0.2, 0) is 22.4 Å². The molecule has 7 heteroatoms. The molecule has 1 amide bonds. The van der Waals surface area contributed by atoms with Crippen LogP contribution in [0.5, 0.6) is 0 Å². The first-order valence-corrected chi connectivity index (χ1v) is 11.7. The van der Waals surface area contributed by atoms with Crippen LogP contribution >= 0.6 is 23.2 Å². The minimum absolute atomic E-state index is 0.112. The Bertz CT molecular complexity index is 1230. The molecule has 1 atom stereocenters. The number of aromatic nitrogens is 1. The highest BCUT2D eigenvalue weighted by atomic mass is 35.5. The maximum absolute atomic E-state index is 13.3. The highest BCUT2D eigenvalue weighted by Gasteiger charge is 2.33. The molecule has 172 valence electrons. The third kappa shape index (κ3) is 4.99. The maximum atomic E-state index is 13.3. The van der Waals surface area contributed by atoms with Crippen LogP contribution < -0.4 is 5.32 Å². The van der Waals surface area contributed by atoms with Crippen molar-refractivity contribution < 1.29 is 14.3 Å². The van der Waals surface area contributed by atoms with E-state index in [0.717, 1.165) is 41.4 Å². The second kappa shape index (κ2) is 9.32. The summed E-state index contributed by atoms with van der Waals surface area (Å²) in [7, 11) is 0. The number of anilines is 1. The summed E-state index contributed by atoms with van der Waals surface area (Å²) < 4.78 is 5.47. The molecule has 1 heterocycles. The van der Waals surface area contributed by atoms with Crippen molar-refractivity contribution in [1.29, 1.82) is 0 Å². The van der Waals surface area contributed by atoms with E-state index in [-0.39, 0.29) is 10.4 Å². The molecule has 5 nitrogen and oxygen atoms in total. The van der Waals surface area contributed by atoms with E-state index in [4.69, 9.17) is 32.9 Å². The lowest BCUT2D eigenvalue weighted by Gasteiger charge is -2.35. The molecular weight excluding hydrogens is 459 g/mol. The number of hydrogen-bond acceptors (Lipinski definition) is 4. The largest absolute Gasteiger partial charge is 0.452 e. The summed E-state index contributed by atoms with van der Waals surface area (Å²) in [6, 6.07) is 12.5. The van der Waals surface area contributed by atoms with Crippen molar-refractivity contribution in [2.45, 2.75) is 40.0 Å². The van der Waals surface area contributed by atoms with Crippen molar-refractivity contribution in [2.75, 3.05) is 11.9 Å². The van der Waals surface area contributed by atoms with Crippen LogP contribution in [0.25, 0.3) is 10.9 Å². The second-order valence-electron chi connectivity index (χ2n) is 9.46. The molecule has 0 radical (unpaired) electrons. The molecule has 0 saturated heterocycles. The summed E-state index contributed by atoms with van der Waals surface area (Å²) >= 11 is 12.1. The van der Waals surface area contributed by atoms with Crippen molar-refractivity contribution in [1.82, 2.24) is 4.98 Å². The summed E-state index contributed by atoms with van der Waals surface area (Å²) in [5.41, 5.74) is 3.62. The molecule has 0 saturated carbocycles. The predicted molar refractivity (Wildman–Crippen MR) is 132 cm³/mol. The number of carbonyl (C=O) groups is 2. The number of para-hydroxylation sites is 1. The van der Waals surface area contributed by atoms with Crippen LogP contribution in [0.15, 0.2) is 42.5 Å². The molecule has 4 rings (SSSR count). The Morgan fingerprint density at radius 3 is 2.64 bits per heavy atom. The number of carbonyl (C=O) groups excluding carboxylic acids is 2. The van der Waals surface area contributed by atoms with E-state index >= 15 is 0 Å². The first kappa shape index (κ1) is 23.5. The molecule has 33 heavy (non-hydrogen) atoms. The Kier molecular flexibility index (Phi) is 6.64. The fourth-order valence-electron chi connectivity index (χ4n) is 4.35. The van der Waals surface area contributed by atoms with Gasteiger partial charge in [-0.15, -0.1) is 0 Å². The Hall–Kier alpha value is -2.63. The van der Waals surface area contributed by atoms with Gasteiger partial charge >= 0.3 is 5.97 Å². The summed E-state index contributed by atoms with van der Waals surface area (Å²) in [6.07, 6.45) is 2.60. The average Bonchev–Trinajstić information content (AvgIpc) is 2.78. The topological polar surface area (TPSA) is 68.3 Å². The molecule has 1 unspecified atom stereocenters. The van der Waals surface area contributed by atoms with Gasteiger partial charge in [0.25, 0.3) is 5.91 Å². The van der Waals surface area contributed by atoms with Gasteiger partial charge in [-0.05, 0) is 54.4 Å². The van der Waals surface area contributed by atoms with Gasteiger partial charge < -0.3 is 10.1 Å². The van der Waals surface area contributed by atoms with Gasteiger partial charge in [0.2, 0.25) is 0 Å². The summed E-state index contributed by atoms with van der Waals surface area (Å²) in [5, 5.41) is 3.95. The van der Waals surface area contributed by atoms with Gasteiger partial charge in [0, 0.05) is 11.1 Å². The molecule has 0 fully saturated rings. The summed E-state index contributed by atoms with van der Waals surface area (Å²) in [4.78, 5) is 30.6. The smallest absolute Gasteiger partial charge is 0.339 e. The monoisotopic (exact) mass is 484 g/mol. The van der Waals surface area contributed by atoms with E-state index in [1.165, 1.54) is 0 Å². The predicted octanol–water partition coefficient (Wildman–Crippen LogP) is 6.49. The first-order valence-electron chi connectivity index (χ1n) is 11.0. The second-order valence-corrected chi connectivity index (χ2v) is 10.2. The lowest BCUT2D eigenvalue weighted by atomic mass is 9.70. The Balaban J connectivity index is 1.60. The normalized spacial score (nSPS) is 15.7. The summed E-state index contributed by atoms with van der Waals surface area (Å²) in [6.45, 7) is 6.23. The zero-order valence-electron chi connectivity index (χ0n) is 18.9. The fraction of sp³-hybridized carbons (Fsp3) is 0.346. The Morgan fingerprint density at radius 2 is 1.88 bits per heavy atom. The third-order valence-corrected chi connectivity index (χ3v) is 7.07. The van der Waals surface area contributed by atoms with Gasteiger partial charge in [-0.2, -0.15) is 0 Å². The highest BCUT2D eigenvalue weighted by molar-refractivity contribution is 6.44. The minimum Gasteiger partial charge on any atom is -0.452 e. The number of rotatable bonds is 4. The average molecular weight is 485 g/mol. The van der Waals surface area contributed by atoms with Crippen molar-refractivity contribution in [3.63, 3.8) is 0 Å². The number of nitrogens with zero attached hydrogens (tertiary/aromatic N) is 1. The minimum atomic E-state index is -0.522. The molecule has 1 N–H and O–H groups in total. The number of halogens is 2. The fourth-order valence-corrected chi connectivity index (χ4v) is 4.70. The Morgan fingerprint density at radius 1 is 1.12 bits per heavy atom. The summed E-state index contributed by atoms with van der Waals surface area (Å²) in [5.74, 6) is -0.591. The molecule has 1 aliphatic rings. The number of ether oxygens (including phenoxy) is 1. The molecule has 1 aliphatic carbocycles.